The van der Waals surface area contributed by atoms with Gasteiger partial charge >= 0.3 is 0 Å². The molecule has 9 heteroatoms. The molecule has 0 atom stereocenters. The number of ether oxygens (including phenoxy) is 3. The molecular formula is C25H28ClFN4O3. The first-order valence-electron chi connectivity index (χ1n) is 11.6. The van der Waals surface area contributed by atoms with Crippen molar-refractivity contribution in [2.75, 3.05) is 38.7 Å². The van der Waals surface area contributed by atoms with Crippen LogP contribution in [0.4, 0.5) is 15.9 Å². The van der Waals surface area contributed by atoms with Gasteiger partial charge in [-0.2, -0.15) is 0 Å². The minimum absolute atomic E-state index is 0.0433. The number of morpholine rings is 1. The van der Waals surface area contributed by atoms with Gasteiger partial charge in [0.15, 0.2) is 17.3 Å². The molecule has 0 bridgehead atoms. The number of rotatable bonds is 6. The van der Waals surface area contributed by atoms with Crippen molar-refractivity contribution in [3.05, 3.63) is 47.5 Å². The van der Waals surface area contributed by atoms with Crippen LogP contribution in [-0.2, 0) is 4.74 Å². The van der Waals surface area contributed by atoms with Crippen molar-refractivity contribution in [1.82, 2.24) is 14.9 Å². The van der Waals surface area contributed by atoms with Crippen LogP contribution in [0.2, 0.25) is 5.02 Å². The second kappa shape index (κ2) is 10.3. The zero-order valence-corrected chi connectivity index (χ0v) is 19.9. The molecule has 0 unspecified atom stereocenters. The standard InChI is InChI=1S/C25H28ClFN4O3/c1-32-22-14-21-18(25(29-15-28-21)30-20-4-2-3-19(26)24(20)27)13-23(22)34-17-7-5-16(6-8-17)31-9-11-33-12-10-31/h2-4,13-17H,5-12H2,1H3,(H,28,29,30). The Morgan fingerprint density at radius 3 is 2.65 bits per heavy atom. The SMILES string of the molecule is COc1cc2ncnc(Nc3cccc(Cl)c3F)c2cc1OC1CCC(N2CCOCC2)CC1. The molecule has 2 aliphatic rings. The van der Waals surface area contributed by atoms with Gasteiger partial charge in [0.2, 0.25) is 0 Å². The van der Waals surface area contributed by atoms with Gasteiger partial charge in [-0.3, -0.25) is 4.90 Å². The Morgan fingerprint density at radius 2 is 1.88 bits per heavy atom. The number of fused-ring (bicyclic) bond motifs is 1. The fraction of sp³-hybridized carbons (Fsp3) is 0.440. The molecule has 1 saturated carbocycles. The normalized spacial score (nSPS) is 21.4. The zero-order chi connectivity index (χ0) is 23.5. The van der Waals surface area contributed by atoms with Crippen molar-refractivity contribution >= 4 is 34.0 Å². The molecule has 2 fully saturated rings. The van der Waals surface area contributed by atoms with Crippen LogP contribution in [0.1, 0.15) is 25.7 Å². The van der Waals surface area contributed by atoms with E-state index in [-0.39, 0.29) is 16.8 Å². The van der Waals surface area contributed by atoms with Crippen LogP contribution < -0.4 is 14.8 Å². The van der Waals surface area contributed by atoms with E-state index in [4.69, 9.17) is 25.8 Å². The van der Waals surface area contributed by atoms with E-state index in [2.05, 4.69) is 20.2 Å². The van der Waals surface area contributed by atoms with Gasteiger partial charge in [-0.05, 0) is 43.9 Å². The van der Waals surface area contributed by atoms with Crippen molar-refractivity contribution in [3.63, 3.8) is 0 Å². The fourth-order valence-electron chi connectivity index (χ4n) is 4.79. The summed E-state index contributed by atoms with van der Waals surface area (Å²) in [6.45, 7) is 3.67. The third-order valence-corrected chi connectivity index (χ3v) is 6.92. The fourth-order valence-corrected chi connectivity index (χ4v) is 4.97. The van der Waals surface area contributed by atoms with Crippen LogP contribution in [0.25, 0.3) is 10.9 Å². The second-order valence-corrected chi connectivity index (χ2v) is 9.07. The summed E-state index contributed by atoms with van der Waals surface area (Å²) in [4.78, 5) is 11.2. The van der Waals surface area contributed by atoms with Gasteiger partial charge in [-0.1, -0.05) is 17.7 Å². The molecule has 2 heterocycles. The van der Waals surface area contributed by atoms with E-state index < -0.39 is 5.82 Å². The maximum absolute atomic E-state index is 14.5. The lowest BCUT2D eigenvalue weighted by Crippen LogP contribution is -2.46. The molecule has 180 valence electrons. The molecule has 34 heavy (non-hydrogen) atoms. The number of benzene rings is 2. The molecule has 2 aromatic carbocycles. The Labute approximate surface area is 203 Å². The smallest absolute Gasteiger partial charge is 0.165 e. The highest BCUT2D eigenvalue weighted by Gasteiger charge is 2.28. The Bertz CT molecular complexity index is 1150. The van der Waals surface area contributed by atoms with Crippen molar-refractivity contribution in [1.29, 1.82) is 0 Å². The van der Waals surface area contributed by atoms with Gasteiger partial charge in [0.05, 0.1) is 42.7 Å². The average molecular weight is 487 g/mol. The van der Waals surface area contributed by atoms with E-state index in [0.29, 0.717) is 34.3 Å². The first-order valence-corrected chi connectivity index (χ1v) is 12.0. The number of nitrogens with zero attached hydrogens (tertiary/aromatic N) is 3. The summed E-state index contributed by atoms with van der Waals surface area (Å²) < 4.78 is 32.0. The number of methoxy groups -OCH3 is 1. The maximum atomic E-state index is 14.5. The Kier molecular flexibility index (Phi) is 6.99. The molecule has 7 nitrogen and oxygen atoms in total. The largest absolute Gasteiger partial charge is 0.493 e. The Balaban J connectivity index is 1.36. The number of halogens is 2. The monoisotopic (exact) mass is 486 g/mol. The molecule has 3 aromatic rings. The highest BCUT2D eigenvalue weighted by molar-refractivity contribution is 6.31. The lowest BCUT2D eigenvalue weighted by molar-refractivity contribution is -0.00120. The van der Waals surface area contributed by atoms with Gasteiger partial charge < -0.3 is 19.5 Å². The van der Waals surface area contributed by atoms with Crippen LogP contribution in [0, 0.1) is 5.82 Å². The highest BCUT2D eigenvalue weighted by Crippen LogP contribution is 2.37. The lowest BCUT2D eigenvalue weighted by atomic mass is 9.91. The van der Waals surface area contributed by atoms with E-state index in [0.717, 1.165) is 52.0 Å². The summed E-state index contributed by atoms with van der Waals surface area (Å²) in [6, 6.07) is 9.09. The van der Waals surface area contributed by atoms with Crippen molar-refractivity contribution in [2.24, 2.45) is 0 Å². The van der Waals surface area contributed by atoms with E-state index in [1.165, 1.54) is 12.4 Å². The average Bonchev–Trinajstić information content (AvgIpc) is 2.88. The molecule has 1 saturated heterocycles. The number of aromatic nitrogens is 2. The van der Waals surface area contributed by atoms with E-state index in [1.807, 2.05) is 12.1 Å². The minimum Gasteiger partial charge on any atom is -0.493 e. The predicted molar refractivity (Wildman–Crippen MR) is 130 cm³/mol. The summed E-state index contributed by atoms with van der Waals surface area (Å²) in [5.74, 6) is 1.18. The molecule has 1 N–H and O–H groups in total. The lowest BCUT2D eigenvalue weighted by Gasteiger charge is -2.38. The van der Waals surface area contributed by atoms with Crippen LogP contribution in [0.5, 0.6) is 11.5 Å². The summed E-state index contributed by atoms with van der Waals surface area (Å²) in [5.41, 5.74) is 0.910. The van der Waals surface area contributed by atoms with Crippen molar-refractivity contribution in [2.45, 2.75) is 37.8 Å². The molecule has 1 aromatic heterocycles. The topological polar surface area (TPSA) is 68.7 Å². The molecule has 0 radical (unpaired) electrons. The maximum Gasteiger partial charge on any atom is 0.165 e. The van der Waals surface area contributed by atoms with E-state index in [9.17, 15) is 4.39 Å². The van der Waals surface area contributed by atoms with Crippen molar-refractivity contribution < 1.29 is 18.6 Å². The van der Waals surface area contributed by atoms with Crippen LogP contribution in [-0.4, -0.2) is 60.4 Å². The first kappa shape index (κ1) is 23.1. The van der Waals surface area contributed by atoms with Crippen LogP contribution >= 0.6 is 11.6 Å². The quantitative estimate of drug-likeness (QED) is 0.513. The number of anilines is 2. The zero-order valence-electron chi connectivity index (χ0n) is 19.1. The number of nitrogens with one attached hydrogen (secondary N) is 1. The Morgan fingerprint density at radius 1 is 1.09 bits per heavy atom. The first-order chi connectivity index (χ1) is 16.6. The summed E-state index contributed by atoms with van der Waals surface area (Å²) in [5, 5.41) is 3.80. The molecule has 5 rings (SSSR count). The minimum atomic E-state index is -0.530. The number of hydrogen-bond acceptors (Lipinski definition) is 7. The molecule has 0 amide bonds. The number of hydrogen-bond donors (Lipinski definition) is 1. The second-order valence-electron chi connectivity index (χ2n) is 8.67. The summed E-state index contributed by atoms with van der Waals surface area (Å²) in [7, 11) is 1.62. The van der Waals surface area contributed by atoms with Crippen molar-refractivity contribution in [3.8, 4) is 11.5 Å². The van der Waals surface area contributed by atoms with Crippen LogP contribution in [0.15, 0.2) is 36.7 Å². The summed E-state index contributed by atoms with van der Waals surface area (Å²) in [6.07, 6.45) is 5.70. The van der Waals surface area contributed by atoms with Gasteiger partial charge in [-0.15, -0.1) is 0 Å². The Hall–Kier alpha value is -2.68. The molecular weight excluding hydrogens is 459 g/mol. The third-order valence-electron chi connectivity index (χ3n) is 6.62. The van der Waals surface area contributed by atoms with Gasteiger partial charge in [-0.25, -0.2) is 14.4 Å². The molecule has 1 aliphatic carbocycles. The van der Waals surface area contributed by atoms with Gasteiger partial charge in [0.25, 0.3) is 0 Å². The molecule has 1 aliphatic heterocycles. The highest BCUT2D eigenvalue weighted by atomic mass is 35.5. The predicted octanol–water partition coefficient (Wildman–Crippen LogP) is 5.20. The van der Waals surface area contributed by atoms with E-state index in [1.54, 1.807) is 19.2 Å². The van der Waals surface area contributed by atoms with E-state index >= 15 is 0 Å². The summed E-state index contributed by atoms with van der Waals surface area (Å²) >= 11 is 5.94. The third kappa shape index (κ3) is 4.89. The molecule has 0 spiro atoms. The van der Waals surface area contributed by atoms with Gasteiger partial charge in [0, 0.05) is 30.6 Å². The van der Waals surface area contributed by atoms with Gasteiger partial charge in [0.1, 0.15) is 12.1 Å². The van der Waals surface area contributed by atoms with Crippen LogP contribution in [0.3, 0.4) is 0 Å².